The molecule has 66 valence electrons. The van der Waals surface area contributed by atoms with E-state index >= 15 is 0 Å². The van der Waals surface area contributed by atoms with Gasteiger partial charge >= 0.3 is 0 Å². The van der Waals surface area contributed by atoms with Crippen LogP contribution in [0.25, 0.3) is 0 Å². The second kappa shape index (κ2) is 2.91. The highest BCUT2D eigenvalue weighted by atomic mass is 32.2. The Labute approximate surface area is 77.6 Å². The number of rotatable bonds is 0. The standard InChI is InChI=1S/C10H14OS/c1-6-5-12-10-4-8(6)3-9(11)7(10)2/h7-8,10H,1,3-5H2,2H3/t7?,8-,10-/m1/s1. The van der Waals surface area contributed by atoms with Crippen LogP contribution in [0.3, 0.4) is 0 Å². The van der Waals surface area contributed by atoms with Gasteiger partial charge in [-0.1, -0.05) is 19.1 Å². The summed E-state index contributed by atoms with van der Waals surface area (Å²) >= 11 is 1.92. The number of hydrogen-bond acceptors (Lipinski definition) is 2. The van der Waals surface area contributed by atoms with Crippen molar-refractivity contribution in [2.75, 3.05) is 5.75 Å². The lowest BCUT2D eigenvalue weighted by atomic mass is 9.78. The molecule has 1 heterocycles. The molecule has 1 saturated carbocycles. The van der Waals surface area contributed by atoms with E-state index in [4.69, 9.17) is 0 Å². The van der Waals surface area contributed by atoms with Crippen LogP contribution in [0.4, 0.5) is 0 Å². The maximum atomic E-state index is 11.5. The second-order valence-electron chi connectivity index (χ2n) is 3.90. The monoisotopic (exact) mass is 182 g/mol. The number of fused-ring (bicyclic) bond motifs is 2. The Hall–Kier alpha value is -0.240. The topological polar surface area (TPSA) is 17.1 Å². The summed E-state index contributed by atoms with van der Waals surface area (Å²) < 4.78 is 0. The molecule has 1 unspecified atom stereocenters. The van der Waals surface area contributed by atoms with Crippen LogP contribution in [0.15, 0.2) is 12.2 Å². The van der Waals surface area contributed by atoms with Crippen LogP contribution in [-0.2, 0) is 4.79 Å². The number of carbonyl (C=O) groups is 1. The third-order valence-electron chi connectivity index (χ3n) is 3.09. The first kappa shape index (κ1) is 8.36. The minimum absolute atomic E-state index is 0.291. The van der Waals surface area contributed by atoms with E-state index in [9.17, 15) is 4.79 Å². The van der Waals surface area contributed by atoms with E-state index in [2.05, 4.69) is 13.5 Å². The smallest absolute Gasteiger partial charge is 0.137 e. The number of Topliss-reactive ketones (excluding diaryl/α,β-unsaturated/α-hetero) is 1. The molecule has 12 heavy (non-hydrogen) atoms. The van der Waals surface area contributed by atoms with Crippen molar-refractivity contribution in [2.24, 2.45) is 11.8 Å². The summed E-state index contributed by atoms with van der Waals surface area (Å²) in [5, 5.41) is 0.585. The second-order valence-corrected chi connectivity index (χ2v) is 5.13. The maximum Gasteiger partial charge on any atom is 0.137 e. The van der Waals surface area contributed by atoms with Gasteiger partial charge in [0.2, 0.25) is 0 Å². The molecule has 0 N–H and O–H groups in total. The molecule has 2 bridgehead atoms. The zero-order chi connectivity index (χ0) is 8.72. The minimum atomic E-state index is 0.291. The fraction of sp³-hybridized carbons (Fsp3) is 0.700. The van der Waals surface area contributed by atoms with Crippen molar-refractivity contribution >= 4 is 17.5 Å². The molecular weight excluding hydrogens is 168 g/mol. The molecule has 0 aromatic heterocycles. The third-order valence-corrected chi connectivity index (χ3v) is 4.66. The first-order valence-electron chi connectivity index (χ1n) is 4.50. The van der Waals surface area contributed by atoms with E-state index in [0.29, 0.717) is 22.9 Å². The van der Waals surface area contributed by atoms with Crippen molar-refractivity contribution in [3.63, 3.8) is 0 Å². The molecule has 2 rings (SSSR count). The first-order chi connectivity index (χ1) is 5.68. The Kier molecular flexibility index (Phi) is 2.03. The Morgan fingerprint density at radius 2 is 2.33 bits per heavy atom. The quantitative estimate of drug-likeness (QED) is 0.535. The predicted octanol–water partition coefficient (Wildman–Crippen LogP) is 2.27. The molecular formula is C10H14OS. The number of hydrogen-bond donors (Lipinski definition) is 0. The van der Waals surface area contributed by atoms with Gasteiger partial charge in [-0.15, -0.1) is 0 Å². The third kappa shape index (κ3) is 1.22. The van der Waals surface area contributed by atoms with Crippen LogP contribution in [0.2, 0.25) is 0 Å². The summed E-state index contributed by atoms with van der Waals surface area (Å²) in [4.78, 5) is 11.5. The van der Waals surface area contributed by atoms with E-state index in [1.165, 1.54) is 12.0 Å². The van der Waals surface area contributed by atoms with E-state index < -0.39 is 0 Å². The fourth-order valence-electron chi connectivity index (χ4n) is 2.06. The van der Waals surface area contributed by atoms with Gasteiger partial charge in [-0.2, -0.15) is 11.8 Å². The van der Waals surface area contributed by atoms with E-state index in [-0.39, 0.29) is 0 Å². The van der Waals surface area contributed by atoms with Crippen LogP contribution < -0.4 is 0 Å². The van der Waals surface area contributed by atoms with Crippen molar-refractivity contribution in [3.8, 4) is 0 Å². The normalized spacial score (nSPS) is 41.6. The highest BCUT2D eigenvalue weighted by molar-refractivity contribution is 8.00. The molecule has 2 heteroatoms. The molecule has 0 amide bonds. The molecule has 1 nitrogen and oxygen atoms in total. The molecule has 0 spiro atoms. The Bertz CT molecular complexity index is 234. The summed E-state index contributed by atoms with van der Waals surface area (Å²) in [5.74, 6) is 2.33. The summed E-state index contributed by atoms with van der Waals surface area (Å²) in [6, 6.07) is 0. The van der Waals surface area contributed by atoms with Gasteiger partial charge < -0.3 is 0 Å². The zero-order valence-corrected chi connectivity index (χ0v) is 8.19. The van der Waals surface area contributed by atoms with Gasteiger partial charge in [0.1, 0.15) is 5.78 Å². The first-order valence-corrected chi connectivity index (χ1v) is 5.55. The van der Waals surface area contributed by atoms with Gasteiger partial charge in [0, 0.05) is 23.3 Å². The van der Waals surface area contributed by atoms with E-state index in [1.807, 2.05) is 11.8 Å². The molecule has 1 saturated heterocycles. The molecule has 1 aliphatic heterocycles. The van der Waals surface area contributed by atoms with Crippen molar-refractivity contribution in [3.05, 3.63) is 12.2 Å². The van der Waals surface area contributed by atoms with Crippen molar-refractivity contribution in [2.45, 2.75) is 25.0 Å². The molecule has 1 aliphatic carbocycles. The molecule has 0 radical (unpaired) electrons. The van der Waals surface area contributed by atoms with E-state index in [1.54, 1.807) is 0 Å². The van der Waals surface area contributed by atoms with Gasteiger partial charge in [0.05, 0.1) is 0 Å². The van der Waals surface area contributed by atoms with Crippen molar-refractivity contribution in [1.29, 1.82) is 0 Å². The van der Waals surface area contributed by atoms with Crippen LogP contribution in [-0.4, -0.2) is 16.8 Å². The lowest BCUT2D eigenvalue weighted by Gasteiger charge is -2.38. The highest BCUT2D eigenvalue weighted by Crippen LogP contribution is 2.43. The highest BCUT2D eigenvalue weighted by Gasteiger charge is 2.38. The Balaban J connectivity index is 2.18. The maximum absolute atomic E-state index is 11.5. The summed E-state index contributed by atoms with van der Waals surface area (Å²) in [5.41, 5.74) is 1.29. The Morgan fingerprint density at radius 1 is 1.58 bits per heavy atom. The summed E-state index contributed by atoms with van der Waals surface area (Å²) in [7, 11) is 0. The number of thioether (sulfide) groups is 1. The minimum Gasteiger partial charge on any atom is -0.299 e. The molecule has 0 aromatic rings. The molecule has 0 aromatic carbocycles. The summed E-state index contributed by atoms with van der Waals surface area (Å²) in [6.07, 6.45) is 1.95. The Morgan fingerprint density at radius 3 is 3.08 bits per heavy atom. The average molecular weight is 182 g/mol. The van der Waals surface area contributed by atoms with Gasteiger partial charge in [-0.25, -0.2) is 0 Å². The van der Waals surface area contributed by atoms with Crippen molar-refractivity contribution in [1.82, 2.24) is 0 Å². The SMILES string of the molecule is C=C1CS[C@@H]2C[C@H]1CC(=O)C2C. The average Bonchev–Trinajstić information content (AvgIpc) is 2.06. The van der Waals surface area contributed by atoms with E-state index in [0.717, 1.165) is 12.2 Å². The van der Waals surface area contributed by atoms with Gasteiger partial charge in [-0.3, -0.25) is 4.79 Å². The summed E-state index contributed by atoms with van der Waals surface area (Å²) in [6.45, 7) is 6.09. The largest absolute Gasteiger partial charge is 0.299 e. The van der Waals surface area contributed by atoms with Gasteiger partial charge in [0.15, 0.2) is 0 Å². The lowest BCUT2D eigenvalue weighted by Crippen LogP contribution is -2.37. The number of ketones is 1. The zero-order valence-electron chi connectivity index (χ0n) is 7.38. The van der Waals surface area contributed by atoms with Crippen molar-refractivity contribution < 1.29 is 4.79 Å². The van der Waals surface area contributed by atoms with Gasteiger partial charge in [-0.05, 0) is 12.3 Å². The molecule has 3 atom stereocenters. The molecule has 2 fully saturated rings. The van der Waals surface area contributed by atoms with Crippen LogP contribution >= 0.6 is 11.8 Å². The predicted molar refractivity (Wildman–Crippen MR) is 52.3 cm³/mol. The van der Waals surface area contributed by atoms with Crippen LogP contribution in [0, 0.1) is 11.8 Å². The lowest BCUT2D eigenvalue weighted by molar-refractivity contribution is -0.124. The van der Waals surface area contributed by atoms with Crippen LogP contribution in [0.5, 0.6) is 0 Å². The molecule has 2 aliphatic rings. The van der Waals surface area contributed by atoms with Gasteiger partial charge in [0.25, 0.3) is 0 Å². The van der Waals surface area contributed by atoms with Crippen LogP contribution in [0.1, 0.15) is 19.8 Å². The number of carbonyl (C=O) groups excluding carboxylic acids is 1. The fourth-order valence-corrected chi connectivity index (χ4v) is 3.53.